The Bertz CT molecular complexity index is 761. The second kappa shape index (κ2) is 6.91. The quantitative estimate of drug-likeness (QED) is 0.826. The van der Waals surface area contributed by atoms with E-state index in [1.807, 2.05) is 12.1 Å². The molecule has 0 aliphatic carbocycles. The minimum Gasteiger partial charge on any atom is -0.487 e. The molecule has 1 N–H and O–H groups in total. The van der Waals surface area contributed by atoms with Crippen LogP contribution in [0.2, 0.25) is 0 Å². The molecule has 0 bridgehead atoms. The van der Waals surface area contributed by atoms with Gasteiger partial charge in [0.2, 0.25) is 0 Å². The molecule has 1 aliphatic heterocycles. The largest absolute Gasteiger partial charge is 0.487 e. The Balaban J connectivity index is 1.69. The molecular weight excluding hydrogens is 312 g/mol. The molecule has 3 rings (SSSR count). The van der Waals surface area contributed by atoms with Gasteiger partial charge in [0, 0.05) is 19.3 Å². The lowest BCUT2D eigenvalue weighted by atomic mass is 9.90. The first-order chi connectivity index (χ1) is 11.8. The van der Waals surface area contributed by atoms with Crippen LogP contribution in [-0.2, 0) is 24.1 Å². The number of rotatable bonds is 6. The predicted molar refractivity (Wildman–Crippen MR) is 99.4 cm³/mol. The van der Waals surface area contributed by atoms with E-state index in [0.717, 1.165) is 24.2 Å². The van der Waals surface area contributed by atoms with E-state index < -0.39 is 5.97 Å². The summed E-state index contributed by atoms with van der Waals surface area (Å²) in [5.41, 5.74) is 4.64. The Hall–Kier alpha value is -2.29. The molecule has 3 nitrogen and oxygen atoms in total. The van der Waals surface area contributed by atoms with Crippen molar-refractivity contribution in [2.45, 2.75) is 58.0 Å². The van der Waals surface area contributed by atoms with Crippen molar-refractivity contribution in [1.82, 2.24) is 0 Å². The summed E-state index contributed by atoms with van der Waals surface area (Å²) in [7, 11) is 0. The average molecular weight is 338 g/mol. The van der Waals surface area contributed by atoms with Crippen LogP contribution in [0.15, 0.2) is 42.5 Å². The highest BCUT2D eigenvalue weighted by molar-refractivity contribution is 5.67. The lowest BCUT2D eigenvalue weighted by molar-refractivity contribution is -0.136. The van der Waals surface area contributed by atoms with Gasteiger partial charge in [-0.3, -0.25) is 4.79 Å². The SMILES string of the molecule is CC(C)c1ccc(CC2(C)Cc3cc(CCC(=O)O)ccc3O2)cc1. The van der Waals surface area contributed by atoms with Crippen molar-refractivity contribution in [2.75, 3.05) is 0 Å². The van der Waals surface area contributed by atoms with Crippen LogP contribution < -0.4 is 4.74 Å². The first-order valence-electron chi connectivity index (χ1n) is 8.96. The summed E-state index contributed by atoms with van der Waals surface area (Å²) in [6, 6.07) is 14.9. The topological polar surface area (TPSA) is 46.5 Å². The predicted octanol–water partition coefficient (Wildman–Crippen LogP) is 4.76. The number of aliphatic carboxylic acids is 1. The second-order valence-corrected chi connectivity index (χ2v) is 7.64. The molecule has 0 saturated heterocycles. The Labute approximate surface area is 149 Å². The second-order valence-electron chi connectivity index (χ2n) is 7.64. The van der Waals surface area contributed by atoms with Crippen LogP contribution in [-0.4, -0.2) is 16.7 Å². The third-order valence-corrected chi connectivity index (χ3v) is 4.90. The van der Waals surface area contributed by atoms with Crippen molar-refractivity contribution >= 4 is 5.97 Å². The van der Waals surface area contributed by atoms with Crippen LogP contribution in [0, 0.1) is 0 Å². The van der Waals surface area contributed by atoms with Crippen LogP contribution in [0.5, 0.6) is 5.75 Å². The summed E-state index contributed by atoms with van der Waals surface area (Å²) in [6.45, 7) is 6.56. The Morgan fingerprint density at radius 1 is 1.16 bits per heavy atom. The van der Waals surface area contributed by atoms with Crippen molar-refractivity contribution in [1.29, 1.82) is 0 Å². The summed E-state index contributed by atoms with van der Waals surface area (Å²) in [4.78, 5) is 10.8. The zero-order valence-corrected chi connectivity index (χ0v) is 15.2. The van der Waals surface area contributed by atoms with Gasteiger partial charge in [0.1, 0.15) is 11.4 Å². The van der Waals surface area contributed by atoms with E-state index in [1.54, 1.807) is 0 Å². The van der Waals surface area contributed by atoms with E-state index in [4.69, 9.17) is 9.84 Å². The number of carboxylic acids is 1. The van der Waals surface area contributed by atoms with Gasteiger partial charge in [-0.05, 0) is 47.6 Å². The standard InChI is InChI=1S/C22H26O3/c1-15(2)18-8-4-17(5-9-18)13-22(3)14-19-12-16(7-11-21(23)24)6-10-20(19)25-22/h4-6,8-10,12,15H,7,11,13-14H2,1-3H3,(H,23,24). The third kappa shape index (κ3) is 4.22. The lowest BCUT2D eigenvalue weighted by Gasteiger charge is -2.24. The Kier molecular flexibility index (Phi) is 4.85. The van der Waals surface area contributed by atoms with E-state index in [-0.39, 0.29) is 12.0 Å². The number of carbonyl (C=O) groups is 1. The molecule has 0 fully saturated rings. The molecule has 1 aliphatic rings. The van der Waals surface area contributed by atoms with Gasteiger partial charge in [-0.15, -0.1) is 0 Å². The highest BCUT2D eigenvalue weighted by Crippen LogP contribution is 2.37. The maximum absolute atomic E-state index is 10.8. The molecule has 2 aromatic rings. The average Bonchev–Trinajstić information content (AvgIpc) is 2.88. The number of ether oxygens (including phenoxy) is 1. The van der Waals surface area contributed by atoms with E-state index in [9.17, 15) is 4.79 Å². The molecule has 1 unspecified atom stereocenters. The molecule has 2 aromatic carbocycles. The molecule has 1 heterocycles. The van der Waals surface area contributed by atoms with E-state index >= 15 is 0 Å². The van der Waals surface area contributed by atoms with Crippen LogP contribution in [0.3, 0.4) is 0 Å². The molecule has 1 atom stereocenters. The summed E-state index contributed by atoms with van der Waals surface area (Å²) >= 11 is 0. The first kappa shape index (κ1) is 17.5. The first-order valence-corrected chi connectivity index (χ1v) is 8.96. The number of hydrogen-bond acceptors (Lipinski definition) is 2. The number of fused-ring (bicyclic) bond motifs is 1. The molecule has 132 valence electrons. The van der Waals surface area contributed by atoms with Crippen molar-refractivity contribution < 1.29 is 14.6 Å². The summed E-state index contributed by atoms with van der Waals surface area (Å²) in [6.07, 6.45) is 2.45. The normalized spacial score (nSPS) is 18.9. The van der Waals surface area contributed by atoms with Crippen LogP contribution in [0.25, 0.3) is 0 Å². The lowest BCUT2D eigenvalue weighted by Crippen LogP contribution is -2.32. The molecule has 0 aromatic heterocycles. The molecule has 0 saturated carbocycles. The number of aryl methyl sites for hydroxylation is 1. The number of carboxylic acid groups (broad SMARTS) is 1. The zero-order valence-electron chi connectivity index (χ0n) is 15.2. The summed E-state index contributed by atoms with van der Waals surface area (Å²) in [5, 5.41) is 8.84. The highest BCUT2D eigenvalue weighted by Gasteiger charge is 2.35. The summed E-state index contributed by atoms with van der Waals surface area (Å²) < 4.78 is 6.24. The fourth-order valence-electron chi connectivity index (χ4n) is 3.53. The zero-order chi connectivity index (χ0) is 18.0. The molecule has 0 amide bonds. The smallest absolute Gasteiger partial charge is 0.303 e. The van der Waals surface area contributed by atoms with Gasteiger partial charge in [0.15, 0.2) is 0 Å². The fraction of sp³-hybridized carbons (Fsp3) is 0.409. The van der Waals surface area contributed by atoms with E-state index in [0.29, 0.717) is 12.3 Å². The monoisotopic (exact) mass is 338 g/mol. The van der Waals surface area contributed by atoms with Crippen molar-refractivity contribution in [3.05, 3.63) is 64.7 Å². The van der Waals surface area contributed by atoms with E-state index in [2.05, 4.69) is 51.1 Å². The van der Waals surface area contributed by atoms with E-state index in [1.165, 1.54) is 16.7 Å². The van der Waals surface area contributed by atoms with Crippen molar-refractivity contribution in [2.24, 2.45) is 0 Å². The maximum Gasteiger partial charge on any atom is 0.303 e. The minimum absolute atomic E-state index is 0.166. The van der Waals surface area contributed by atoms with Gasteiger partial charge >= 0.3 is 5.97 Å². The van der Waals surface area contributed by atoms with Gasteiger partial charge in [-0.1, -0.05) is 50.2 Å². The van der Waals surface area contributed by atoms with Gasteiger partial charge in [0.05, 0.1) is 0 Å². The van der Waals surface area contributed by atoms with Crippen molar-refractivity contribution in [3.8, 4) is 5.75 Å². The van der Waals surface area contributed by atoms with Crippen LogP contribution in [0.4, 0.5) is 0 Å². The Morgan fingerprint density at radius 3 is 2.48 bits per heavy atom. The fourth-order valence-corrected chi connectivity index (χ4v) is 3.53. The molecule has 3 heteroatoms. The maximum atomic E-state index is 10.8. The van der Waals surface area contributed by atoms with Crippen molar-refractivity contribution in [3.63, 3.8) is 0 Å². The van der Waals surface area contributed by atoms with Gasteiger partial charge in [0.25, 0.3) is 0 Å². The molecule has 0 radical (unpaired) electrons. The Morgan fingerprint density at radius 2 is 1.84 bits per heavy atom. The minimum atomic E-state index is -0.758. The van der Waals surface area contributed by atoms with Gasteiger partial charge in [-0.2, -0.15) is 0 Å². The summed E-state index contributed by atoms with van der Waals surface area (Å²) in [5.74, 6) is 0.715. The van der Waals surface area contributed by atoms with Crippen LogP contribution >= 0.6 is 0 Å². The number of hydrogen-bond donors (Lipinski definition) is 1. The molecule has 0 spiro atoms. The third-order valence-electron chi connectivity index (χ3n) is 4.90. The van der Waals surface area contributed by atoms with Gasteiger partial charge in [-0.25, -0.2) is 0 Å². The highest BCUT2D eigenvalue weighted by atomic mass is 16.5. The molecular formula is C22H26O3. The molecule has 25 heavy (non-hydrogen) atoms. The number of benzene rings is 2. The van der Waals surface area contributed by atoms with Crippen LogP contribution in [0.1, 0.15) is 55.4 Å². The van der Waals surface area contributed by atoms with Gasteiger partial charge < -0.3 is 9.84 Å².